The Kier molecular flexibility index (Phi) is 4.78. The zero-order valence-electron chi connectivity index (χ0n) is 12.9. The van der Waals surface area contributed by atoms with Crippen molar-refractivity contribution in [3.8, 4) is 5.75 Å². The zero-order valence-corrected chi connectivity index (χ0v) is 13.7. The van der Waals surface area contributed by atoms with Crippen molar-refractivity contribution in [1.29, 1.82) is 0 Å². The van der Waals surface area contributed by atoms with Gasteiger partial charge in [0.1, 0.15) is 5.75 Å². The highest BCUT2D eigenvalue weighted by Gasteiger charge is 2.37. The zero-order chi connectivity index (χ0) is 15.6. The molecule has 0 unspecified atom stereocenters. The molecular formula is C15H24N2O3S. The molecule has 1 aliphatic carbocycles. The van der Waals surface area contributed by atoms with Crippen LogP contribution in [0.15, 0.2) is 23.1 Å². The van der Waals surface area contributed by atoms with Gasteiger partial charge in [-0.2, -0.15) is 4.31 Å². The van der Waals surface area contributed by atoms with Crippen LogP contribution in [-0.4, -0.2) is 32.4 Å². The topological polar surface area (TPSA) is 72.6 Å². The van der Waals surface area contributed by atoms with E-state index >= 15 is 0 Å². The van der Waals surface area contributed by atoms with Gasteiger partial charge in [-0.3, -0.25) is 0 Å². The van der Waals surface area contributed by atoms with E-state index in [0.29, 0.717) is 23.9 Å². The molecule has 0 aliphatic heterocycles. The summed E-state index contributed by atoms with van der Waals surface area (Å²) in [6.07, 6.45) is 2.76. The molecule has 6 heteroatoms. The van der Waals surface area contributed by atoms with Gasteiger partial charge in [0.25, 0.3) is 0 Å². The summed E-state index contributed by atoms with van der Waals surface area (Å²) in [6.45, 7) is 4.77. The van der Waals surface area contributed by atoms with Crippen LogP contribution in [0, 0.1) is 5.92 Å². The Labute approximate surface area is 127 Å². The molecule has 1 saturated carbocycles. The van der Waals surface area contributed by atoms with Crippen LogP contribution in [0.2, 0.25) is 0 Å². The summed E-state index contributed by atoms with van der Waals surface area (Å²) in [6, 6.07) is 4.81. The van der Waals surface area contributed by atoms with Crippen molar-refractivity contribution in [2.24, 2.45) is 5.92 Å². The van der Waals surface area contributed by atoms with Crippen molar-refractivity contribution >= 4 is 15.7 Å². The average molecular weight is 312 g/mol. The number of ether oxygens (including phenoxy) is 1. The van der Waals surface area contributed by atoms with Crippen LogP contribution in [0.4, 0.5) is 5.69 Å². The van der Waals surface area contributed by atoms with Gasteiger partial charge in [-0.15, -0.1) is 0 Å². The third kappa shape index (κ3) is 3.68. The first-order valence-corrected chi connectivity index (χ1v) is 8.75. The highest BCUT2D eigenvalue weighted by molar-refractivity contribution is 7.89. The second-order valence-corrected chi connectivity index (χ2v) is 7.82. The van der Waals surface area contributed by atoms with Crippen LogP contribution in [0.1, 0.15) is 33.1 Å². The van der Waals surface area contributed by atoms with Gasteiger partial charge in [0.2, 0.25) is 10.0 Å². The van der Waals surface area contributed by atoms with Gasteiger partial charge in [0.15, 0.2) is 0 Å². The number of hydrogen-bond donors (Lipinski definition) is 1. The third-order valence-corrected chi connectivity index (χ3v) is 5.64. The Bertz CT molecular complexity index is 595. The van der Waals surface area contributed by atoms with Crippen LogP contribution in [-0.2, 0) is 10.0 Å². The maximum atomic E-state index is 12.8. The monoisotopic (exact) mass is 312 g/mol. The van der Waals surface area contributed by atoms with Crippen LogP contribution >= 0.6 is 0 Å². The summed E-state index contributed by atoms with van der Waals surface area (Å²) in [7, 11) is -1.97. The standard InChI is InChI=1S/C15H24N2O3S/c1-11(2)8-9-17(12-4-5-12)21(18,19)13-6-7-15(20-3)14(16)10-13/h6-7,10-12H,4-5,8-9,16H2,1-3H3. The van der Waals surface area contributed by atoms with Gasteiger partial charge in [0, 0.05) is 12.6 Å². The molecule has 5 nitrogen and oxygen atoms in total. The Morgan fingerprint density at radius 3 is 2.52 bits per heavy atom. The summed E-state index contributed by atoms with van der Waals surface area (Å²) in [5, 5.41) is 0. The van der Waals surface area contributed by atoms with E-state index in [4.69, 9.17) is 10.5 Å². The smallest absolute Gasteiger partial charge is 0.243 e. The molecular weight excluding hydrogens is 288 g/mol. The highest BCUT2D eigenvalue weighted by Crippen LogP contribution is 2.34. The van der Waals surface area contributed by atoms with Gasteiger partial charge in [-0.1, -0.05) is 13.8 Å². The summed E-state index contributed by atoms with van der Waals surface area (Å²) in [5.41, 5.74) is 6.18. The van der Waals surface area contributed by atoms with Crippen LogP contribution in [0.3, 0.4) is 0 Å². The van der Waals surface area contributed by atoms with Gasteiger partial charge < -0.3 is 10.5 Å². The summed E-state index contributed by atoms with van der Waals surface area (Å²) in [4.78, 5) is 0.247. The first-order chi connectivity index (χ1) is 9.86. The van der Waals surface area contributed by atoms with E-state index in [2.05, 4.69) is 13.8 Å². The van der Waals surface area contributed by atoms with E-state index in [1.165, 1.54) is 13.2 Å². The maximum absolute atomic E-state index is 12.8. The lowest BCUT2D eigenvalue weighted by Crippen LogP contribution is -2.34. The van der Waals surface area contributed by atoms with Crippen molar-refractivity contribution in [2.45, 2.75) is 44.0 Å². The minimum atomic E-state index is -3.48. The molecule has 1 fully saturated rings. The molecule has 0 bridgehead atoms. The first-order valence-electron chi connectivity index (χ1n) is 7.31. The molecule has 2 rings (SSSR count). The van der Waals surface area contributed by atoms with Gasteiger partial charge in [-0.25, -0.2) is 8.42 Å². The van der Waals surface area contributed by atoms with Gasteiger partial charge in [-0.05, 0) is 43.4 Å². The molecule has 118 valence electrons. The molecule has 1 aliphatic rings. The third-order valence-electron chi connectivity index (χ3n) is 3.69. The number of nitrogens with two attached hydrogens (primary N) is 1. The average Bonchev–Trinajstić information content (AvgIpc) is 3.22. The predicted octanol–water partition coefficient (Wildman–Crippen LogP) is 2.48. The molecule has 1 aromatic carbocycles. The lowest BCUT2D eigenvalue weighted by atomic mass is 10.1. The van der Waals surface area contributed by atoms with E-state index in [0.717, 1.165) is 19.3 Å². The fraction of sp³-hybridized carbons (Fsp3) is 0.600. The molecule has 0 aromatic heterocycles. The predicted molar refractivity (Wildman–Crippen MR) is 83.8 cm³/mol. The van der Waals surface area contributed by atoms with E-state index in [-0.39, 0.29) is 10.9 Å². The Hall–Kier alpha value is -1.27. The highest BCUT2D eigenvalue weighted by atomic mass is 32.2. The van der Waals surface area contributed by atoms with Crippen molar-refractivity contribution in [3.05, 3.63) is 18.2 Å². The van der Waals surface area contributed by atoms with Crippen LogP contribution in [0.25, 0.3) is 0 Å². The molecule has 2 N–H and O–H groups in total. The second-order valence-electron chi connectivity index (χ2n) is 5.93. The molecule has 21 heavy (non-hydrogen) atoms. The first kappa shape index (κ1) is 16.1. The number of hydrogen-bond acceptors (Lipinski definition) is 4. The summed E-state index contributed by atoms with van der Waals surface area (Å²) < 4.78 is 32.3. The molecule has 0 saturated heterocycles. The van der Waals surface area contributed by atoms with Crippen molar-refractivity contribution in [1.82, 2.24) is 4.31 Å². The van der Waals surface area contributed by atoms with E-state index in [9.17, 15) is 8.42 Å². The number of nitrogens with zero attached hydrogens (tertiary/aromatic N) is 1. The fourth-order valence-electron chi connectivity index (χ4n) is 2.26. The number of anilines is 1. The number of methoxy groups -OCH3 is 1. The van der Waals surface area contributed by atoms with Crippen LogP contribution in [0.5, 0.6) is 5.75 Å². The largest absolute Gasteiger partial charge is 0.495 e. The molecule has 0 heterocycles. The Morgan fingerprint density at radius 2 is 2.05 bits per heavy atom. The van der Waals surface area contributed by atoms with E-state index in [1.54, 1.807) is 16.4 Å². The Morgan fingerprint density at radius 1 is 1.38 bits per heavy atom. The minimum absolute atomic E-state index is 0.150. The molecule has 0 amide bonds. The number of sulfonamides is 1. The SMILES string of the molecule is COc1ccc(S(=O)(=O)N(CCC(C)C)C2CC2)cc1N. The molecule has 0 radical (unpaired) electrons. The number of nitrogen functional groups attached to an aromatic ring is 1. The van der Waals surface area contributed by atoms with Crippen molar-refractivity contribution in [3.63, 3.8) is 0 Å². The minimum Gasteiger partial charge on any atom is -0.495 e. The second kappa shape index (κ2) is 6.23. The lowest BCUT2D eigenvalue weighted by Gasteiger charge is -2.23. The van der Waals surface area contributed by atoms with Gasteiger partial charge >= 0.3 is 0 Å². The summed E-state index contributed by atoms with van der Waals surface area (Å²) in [5.74, 6) is 0.969. The van der Waals surface area contributed by atoms with E-state index in [1.807, 2.05) is 0 Å². The molecule has 0 spiro atoms. The molecule has 0 atom stereocenters. The van der Waals surface area contributed by atoms with Crippen molar-refractivity contribution in [2.75, 3.05) is 19.4 Å². The van der Waals surface area contributed by atoms with E-state index < -0.39 is 10.0 Å². The van der Waals surface area contributed by atoms with Crippen LogP contribution < -0.4 is 10.5 Å². The number of rotatable bonds is 7. The lowest BCUT2D eigenvalue weighted by molar-refractivity contribution is 0.373. The summed E-state index contributed by atoms with van der Waals surface area (Å²) >= 11 is 0. The maximum Gasteiger partial charge on any atom is 0.243 e. The number of benzene rings is 1. The molecule has 1 aromatic rings. The normalized spacial score (nSPS) is 15.7. The Balaban J connectivity index is 2.27. The van der Waals surface area contributed by atoms with Crippen molar-refractivity contribution < 1.29 is 13.2 Å². The van der Waals surface area contributed by atoms with Gasteiger partial charge in [0.05, 0.1) is 17.7 Å². The fourth-order valence-corrected chi connectivity index (χ4v) is 3.99. The quantitative estimate of drug-likeness (QED) is 0.785.